The van der Waals surface area contributed by atoms with Crippen molar-refractivity contribution in [3.8, 4) is 0 Å². The molecule has 2 rings (SSSR count). The van der Waals surface area contributed by atoms with E-state index in [1.165, 1.54) is 0 Å². The maximum atomic E-state index is 11.7. The lowest BCUT2D eigenvalue weighted by atomic mass is 10.2. The first kappa shape index (κ1) is 21.5. The van der Waals surface area contributed by atoms with Crippen molar-refractivity contribution < 1.29 is 9.59 Å². The zero-order chi connectivity index (χ0) is 19.5. The molecular formula is C19H18I2N4O2. The number of nitrogens with one attached hydrogen (secondary N) is 2. The highest BCUT2D eigenvalue weighted by molar-refractivity contribution is 14.1. The van der Waals surface area contributed by atoms with Gasteiger partial charge in [-0.2, -0.15) is 10.2 Å². The van der Waals surface area contributed by atoms with Gasteiger partial charge in [0.2, 0.25) is 11.8 Å². The van der Waals surface area contributed by atoms with E-state index < -0.39 is 0 Å². The fourth-order valence-corrected chi connectivity index (χ4v) is 3.19. The Balaban J connectivity index is 1.63. The molecule has 2 aromatic carbocycles. The van der Waals surface area contributed by atoms with Crippen LogP contribution >= 0.6 is 45.2 Å². The molecule has 8 heteroatoms. The van der Waals surface area contributed by atoms with E-state index in [0.717, 1.165) is 18.3 Å². The second-order valence-electron chi connectivity index (χ2n) is 5.55. The number of carbonyl (C=O) groups excluding carboxylic acids is 2. The zero-order valence-electron chi connectivity index (χ0n) is 14.4. The third-order valence-corrected chi connectivity index (χ3v) is 4.65. The minimum Gasteiger partial charge on any atom is -0.273 e. The Morgan fingerprint density at radius 2 is 1.26 bits per heavy atom. The number of rotatable bonds is 8. The van der Waals surface area contributed by atoms with Gasteiger partial charge >= 0.3 is 0 Å². The van der Waals surface area contributed by atoms with Crippen LogP contribution in [0.5, 0.6) is 0 Å². The molecule has 27 heavy (non-hydrogen) atoms. The van der Waals surface area contributed by atoms with Crippen molar-refractivity contribution in [2.24, 2.45) is 10.2 Å². The summed E-state index contributed by atoms with van der Waals surface area (Å²) < 4.78 is 2.19. The smallest absolute Gasteiger partial charge is 0.240 e. The Labute approximate surface area is 185 Å². The Bertz CT molecular complexity index is 784. The number of halogens is 2. The predicted octanol–water partition coefficient (Wildman–Crippen LogP) is 3.67. The van der Waals surface area contributed by atoms with Gasteiger partial charge in [-0.25, -0.2) is 10.9 Å². The van der Waals surface area contributed by atoms with Gasteiger partial charge in [0.05, 0.1) is 12.4 Å². The van der Waals surface area contributed by atoms with Gasteiger partial charge in [-0.15, -0.1) is 0 Å². The average Bonchev–Trinajstić information content (AvgIpc) is 2.62. The summed E-state index contributed by atoms with van der Waals surface area (Å²) in [7, 11) is 0. The molecule has 6 nitrogen and oxygen atoms in total. The van der Waals surface area contributed by atoms with E-state index in [0.29, 0.717) is 6.42 Å². The van der Waals surface area contributed by atoms with Crippen molar-refractivity contribution in [1.82, 2.24) is 10.9 Å². The first-order chi connectivity index (χ1) is 13.0. The molecule has 2 amide bonds. The molecule has 0 atom stereocenters. The summed E-state index contributed by atoms with van der Waals surface area (Å²) in [5.41, 5.74) is 6.74. The third kappa shape index (κ3) is 9.09. The highest BCUT2D eigenvalue weighted by Crippen LogP contribution is 2.06. The Hall–Kier alpha value is -1.82. The van der Waals surface area contributed by atoms with E-state index >= 15 is 0 Å². The quantitative estimate of drug-likeness (QED) is 0.281. The van der Waals surface area contributed by atoms with Crippen LogP contribution in [0.3, 0.4) is 0 Å². The van der Waals surface area contributed by atoms with E-state index in [-0.39, 0.29) is 24.7 Å². The summed E-state index contributed by atoms with van der Waals surface area (Å²) in [6.07, 6.45) is 4.04. The fourth-order valence-electron chi connectivity index (χ4n) is 2.05. The van der Waals surface area contributed by atoms with Crippen molar-refractivity contribution in [1.29, 1.82) is 0 Å². The normalized spacial score (nSPS) is 11.0. The highest BCUT2D eigenvalue weighted by Gasteiger charge is 2.04. The number of amides is 2. The molecule has 0 aliphatic rings. The molecule has 0 aromatic heterocycles. The summed E-state index contributed by atoms with van der Waals surface area (Å²) in [6, 6.07) is 15.5. The number of benzene rings is 2. The standard InChI is InChI=1S/C19H18I2N4O2/c20-16-6-1-4-14(10-16)12-22-24-18(26)8-3-9-19(27)25-23-13-15-5-2-7-17(21)11-15/h1-2,4-7,10-13H,3,8-9H2,(H,24,26)(H,25,27)/b22-12-,23-13+. The van der Waals surface area contributed by atoms with E-state index in [9.17, 15) is 9.59 Å². The van der Waals surface area contributed by atoms with Crippen LogP contribution in [-0.4, -0.2) is 24.2 Å². The van der Waals surface area contributed by atoms with Crippen LogP contribution < -0.4 is 10.9 Å². The SMILES string of the molecule is O=C(CCCC(=O)N/N=C/c1cccc(I)c1)N/N=C\c1cccc(I)c1. The first-order valence-corrected chi connectivity index (χ1v) is 10.3. The molecule has 0 fully saturated rings. The van der Waals surface area contributed by atoms with Crippen LogP contribution in [0.1, 0.15) is 30.4 Å². The molecule has 0 heterocycles. The second kappa shape index (κ2) is 11.8. The summed E-state index contributed by atoms with van der Waals surface area (Å²) in [6.45, 7) is 0. The molecule has 0 radical (unpaired) electrons. The Morgan fingerprint density at radius 3 is 1.67 bits per heavy atom. The fraction of sp³-hybridized carbons (Fsp3) is 0.158. The lowest BCUT2D eigenvalue weighted by Gasteiger charge is -2.01. The Morgan fingerprint density at radius 1 is 0.815 bits per heavy atom. The zero-order valence-corrected chi connectivity index (χ0v) is 18.7. The van der Waals surface area contributed by atoms with Gasteiger partial charge in [0.25, 0.3) is 0 Å². The van der Waals surface area contributed by atoms with Gasteiger partial charge in [-0.3, -0.25) is 9.59 Å². The lowest BCUT2D eigenvalue weighted by Crippen LogP contribution is -2.20. The van der Waals surface area contributed by atoms with Crippen LogP contribution in [0.2, 0.25) is 0 Å². The summed E-state index contributed by atoms with van der Waals surface area (Å²) in [5, 5.41) is 7.84. The number of nitrogens with zero attached hydrogens (tertiary/aromatic N) is 2. The minimum atomic E-state index is -0.230. The largest absolute Gasteiger partial charge is 0.273 e. The van der Waals surface area contributed by atoms with Crippen molar-refractivity contribution in [3.63, 3.8) is 0 Å². The van der Waals surface area contributed by atoms with Gasteiger partial charge in [0, 0.05) is 20.0 Å². The van der Waals surface area contributed by atoms with Gasteiger partial charge in [-0.1, -0.05) is 24.3 Å². The maximum Gasteiger partial charge on any atom is 0.240 e. The summed E-state index contributed by atoms with van der Waals surface area (Å²) in [5.74, 6) is -0.459. The monoisotopic (exact) mass is 588 g/mol. The number of hydrazone groups is 2. The molecule has 2 N–H and O–H groups in total. The van der Waals surface area contributed by atoms with Crippen molar-refractivity contribution in [2.75, 3.05) is 0 Å². The van der Waals surface area contributed by atoms with Crippen LogP contribution in [0.15, 0.2) is 58.7 Å². The van der Waals surface area contributed by atoms with Crippen LogP contribution in [0.4, 0.5) is 0 Å². The molecule has 0 spiro atoms. The molecule has 0 aliphatic heterocycles. The highest BCUT2D eigenvalue weighted by atomic mass is 127. The number of carbonyl (C=O) groups is 2. The number of hydrogen-bond acceptors (Lipinski definition) is 4. The van der Waals surface area contributed by atoms with Gasteiger partial charge in [0.15, 0.2) is 0 Å². The number of hydrogen-bond donors (Lipinski definition) is 2. The molecule has 0 aliphatic carbocycles. The van der Waals surface area contributed by atoms with Gasteiger partial charge < -0.3 is 0 Å². The van der Waals surface area contributed by atoms with Crippen LogP contribution in [0.25, 0.3) is 0 Å². The van der Waals surface area contributed by atoms with Crippen molar-refractivity contribution in [3.05, 3.63) is 66.8 Å². The molecule has 0 saturated carbocycles. The van der Waals surface area contributed by atoms with Crippen molar-refractivity contribution in [2.45, 2.75) is 19.3 Å². The third-order valence-electron chi connectivity index (χ3n) is 3.31. The molecular weight excluding hydrogens is 570 g/mol. The molecule has 0 bridgehead atoms. The molecule has 0 saturated heterocycles. The van der Waals surface area contributed by atoms with E-state index in [2.05, 4.69) is 66.2 Å². The van der Waals surface area contributed by atoms with Crippen molar-refractivity contribution >= 4 is 69.4 Å². The van der Waals surface area contributed by atoms with Gasteiger partial charge in [0.1, 0.15) is 0 Å². The van der Waals surface area contributed by atoms with E-state index in [1.54, 1.807) is 12.4 Å². The summed E-state index contributed by atoms with van der Waals surface area (Å²) >= 11 is 4.42. The second-order valence-corrected chi connectivity index (χ2v) is 8.04. The molecule has 2 aromatic rings. The first-order valence-electron chi connectivity index (χ1n) is 8.18. The Kier molecular flexibility index (Phi) is 9.39. The minimum absolute atomic E-state index is 0.220. The lowest BCUT2D eigenvalue weighted by molar-refractivity contribution is -0.122. The van der Waals surface area contributed by atoms with Crippen LogP contribution in [0, 0.1) is 7.14 Å². The van der Waals surface area contributed by atoms with Crippen LogP contribution in [-0.2, 0) is 9.59 Å². The average molecular weight is 588 g/mol. The molecule has 140 valence electrons. The topological polar surface area (TPSA) is 82.9 Å². The van der Waals surface area contributed by atoms with E-state index in [4.69, 9.17) is 0 Å². The predicted molar refractivity (Wildman–Crippen MR) is 124 cm³/mol. The van der Waals surface area contributed by atoms with E-state index in [1.807, 2.05) is 48.5 Å². The van der Waals surface area contributed by atoms with Gasteiger partial charge in [-0.05, 0) is 87.0 Å². The summed E-state index contributed by atoms with van der Waals surface area (Å²) in [4.78, 5) is 23.4. The molecule has 0 unspecified atom stereocenters. The maximum absolute atomic E-state index is 11.7.